The van der Waals surface area contributed by atoms with Crippen molar-refractivity contribution in [3.63, 3.8) is 0 Å². The van der Waals surface area contributed by atoms with Gasteiger partial charge in [0.2, 0.25) is 0 Å². The molecule has 0 aliphatic rings. The molecule has 0 radical (unpaired) electrons. The third-order valence-corrected chi connectivity index (χ3v) is 12.2. The summed E-state index contributed by atoms with van der Waals surface area (Å²) in [5, 5.41) is 13.2. The summed E-state index contributed by atoms with van der Waals surface area (Å²) in [6, 6.07) is 35.3. The number of ether oxygens (including phenoxy) is 1. The lowest BCUT2D eigenvalue weighted by atomic mass is 9.97. The molecule has 202 valence electrons. The maximum absolute atomic E-state index is 10.9. The molecule has 0 heterocycles. The van der Waals surface area contributed by atoms with E-state index in [2.05, 4.69) is 107 Å². The Bertz CT molecular complexity index is 1320. The summed E-state index contributed by atoms with van der Waals surface area (Å²) in [5.41, 5.74) is 2.92. The van der Waals surface area contributed by atoms with Crippen LogP contribution in [-0.2, 0) is 11.3 Å². The first kappa shape index (κ1) is 28.4. The van der Waals surface area contributed by atoms with E-state index in [1.807, 2.05) is 43.3 Å². The molecule has 0 unspecified atom stereocenters. The zero-order valence-electron chi connectivity index (χ0n) is 23.7. The lowest BCUT2D eigenvalue weighted by Crippen LogP contribution is -2.68. The molecular formula is C35H40O3Si. The zero-order chi connectivity index (χ0) is 27.9. The first-order valence-electron chi connectivity index (χ1n) is 13.6. The molecule has 4 rings (SSSR count). The van der Waals surface area contributed by atoms with Gasteiger partial charge in [0.15, 0.2) is 0 Å². The number of phenolic OH excluding ortho intramolecular Hbond substituents is 1. The van der Waals surface area contributed by atoms with Crippen molar-refractivity contribution in [2.45, 2.75) is 52.2 Å². The number of hydrogen-bond donors (Lipinski definition) is 1. The van der Waals surface area contributed by atoms with Crippen LogP contribution in [0.1, 0.15) is 50.3 Å². The molecule has 4 aromatic rings. The molecule has 1 N–H and O–H groups in total. The lowest BCUT2D eigenvalue weighted by Gasteiger charge is -2.43. The molecule has 0 bridgehead atoms. The summed E-state index contributed by atoms with van der Waals surface area (Å²) in [7, 11) is -2.78. The van der Waals surface area contributed by atoms with Crippen LogP contribution in [0.4, 0.5) is 0 Å². The standard InChI is InChI=1S/C35H40O3Si/c1-27(16-15-23-37-26-29-17-9-6-10-18-29)32-25-34(28(2)24-33(32)36)38-39(35(3,4)5,30-19-11-7-12-20-30)31-21-13-8-14-22-31/h6-22,24-25,27,36H,23,26H2,1-5H3/b16-15+/t27-/m1/s1. The van der Waals surface area contributed by atoms with Crippen molar-refractivity contribution in [1.82, 2.24) is 0 Å². The van der Waals surface area contributed by atoms with E-state index in [0.29, 0.717) is 13.2 Å². The van der Waals surface area contributed by atoms with Crippen LogP contribution in [0.2, 0.25) is 5.04 Å². The van der Waals surface area contributed by atoms with Gasteiger partial charge in [-0.1, -0.05) is 131 Å². The Morgan fingerprint density at radius 3 is 1.90 bits per heavy atom. The number of rotatable bonds is 10. The molecule has 39 heavy (non-hydrogen) atoms. The van der Waals surface area contributed by atoms with Gasteiger partial charge in [-0.15, -0.1) is 0 Å². The Morgan fingerprint density at radius 2 is 1.36 bits per heavy atom. The summed E-state index contributed by atoms with van der Waals surface area (Å²) in [4.78, 5) is 0. The van der Waals surface area contributed by atoms with Gasteiger partial charge in [0.1, 0.15) is 11.5 Å². The first-order valence-corrected chi connectivity index (χ1v) is 15.5. The van der Waals surface area contributed by atoms with Crippen LogP contribution in [-0.4, -0.2) is 20.0 Å². The van der Waals surface area contributed by atoms with Crippen molar-refractivity contribution in [2.75, 3.05) is 6.61 Å². The summed E-state index contributed by atoms with van der Waals surface area (Å²) in [6.45, 7) is 12.0. The molecule has 1 atom stereocenters. The highest BCUT2D eigenvalue weighted by Gasteiger charge is 2.52. The Labute approximate surface area is 234 Å². The van der Waals surface area contributed by atoms with Crippen molar-refractivity contribution in [3.05, 3.63) is 132 Å². The molecule has 3 nitrogen and oxygen atoms in total. The highest BCUT2D eigenvalue weighted by Crippen LogP contribution is 2.40. The number of benzene rings is 4. The smallest absolute Gasteiger partial charge is 0.319 e. The third-order valence-electron chi connectivity index (χ3n) is 7.25. The summed E-state index contributed by atoms with van der Waals surface area (Å²) in [6.07, 6.45) is 4.11. The monoisotopic (exact) mass is 536 g/mol. The number of phenols is 1. The summed E-state index contributed by atoms with van der Waals surface area (Å²) >= 11 is 0. The van der Waals surface area contributed by atoms with E-state index in [1.165, 1.54) is 10.4 Å². The average Bonchev–Trinajstić information content (AvgIpc) is 2.93. The second-order valence-electron chi connectivity index (χ2n) is 11.2. The molecule has 4 aromatic carbocycles. The van der Waals surface area contributed by atoms with Crippen LogP contribution in [0.15, 0.2) is 115 Å². The molecule has 0 fully saturated rings. The van der Waals surface area contributed by atoms with Gasteiger partial charge in [-0.05, 0) is 45.6 Å². The maximum atomic E-state index is 10.9. The minimum Gasteiger partial charge on any atom is -0.534 e. The van der Waals surface area contributed by atoms with Gasteiger partial charge < -0.3 is 14.3 Å². The van der Waals surface area contributed by atoms with Crippen molar-refractivity contribution in [2.24, 2.45) is 0 Å². The number of aromatic hydroxyl groups is 1. The van der Waals surface area contributed by atoms with Crippen LogP contribution in [0.25, 0.3) is 0 Å². The third kappa shape index (κ3) is 6.52. The quantitative estimate of drug-likeness (QED) is 0.129. The van der Waals surface area contributed by atoms with Gasteiger partial charge in [-0.25, -0.2) is 0 Å². The van der Waals surface area contributed by atoms with Crippen LogP contribution in [0, 0.1) is 6.92 Å². The van der Waals surface area contributed by atoms with Gasteiger partial charge in [0.05, 0.1) is 13.2 Å². The van der Waals surface area contributed by atoms with Crippen molar-refractivity contribution in [1.29, 1.82) is 0 Å². The highest BCUT2D eigenvalue weighted by molar-refractivity contribution is 7.00. The normalized spacial score (nSPS) is 12.9. The number of allylic oxidation sites excluding steroid dienone is 1. The molecule has 0 aliphatic carbocycles. The fourth-order valence-electron chi connectivity index (χ4n) is 5.16. The fourth-order valence-corrected chi connectivity index (χ4v) is 9.64. The molecule has 0 aromatic heterocycles. The first-order chi connectivity index (χ1) is 18.7. The largest absolute Gasteiger partial charge is 0.534 e. The van der Waals surface area contributed by atoms with E-state index in [-0.39, 0.29) is 16.7 Å². The molecule has 0 amide bonds. The van der Waals surface area contributed by atoms with E-state index in [0.717, 1.165) is 22.4 Å². The molecule has 0 spiro atoms. The van der Waals surface area contributed by atoms with Crippen LogP contribution >= 0.6 is 0 Å². The van der Waals surface area contributed by atoms with Crippen LogP contribution in [0.5, 0.6) is 11.5 Å². The Kier molecular flexibility index (Phi) is 9.11. The lowest BCUT2D eigenvalue weighted by molar-refractivity contribution is 0.148. The van der Waals surface area contributed by atoms with Crippen molar-refractivity contribution < 1.29 is 14.3 Å². The molecule has 0 aliphatic heterocycles. The topological polar surface area (TPSA) is 38.7 Å². The van der Waals surface area contributed by atoms with E-state index < -0.39 is 8.32 Å². The number of aryl methyl sites for hydroxylation is 1. The van der Waals surface area contributed by atoms with Gasteiger partial charge >= 0.3 is 8.32 Å². The van der Waals surface area contributed by atoms with E-state index in [1.54, 1.807) is 0 Å². The van der Waals surface area contributed by atoms with E-state index in [4.69, 9.17) is 9.16 Å². The van der Waals surface area contributed by atoms with Crippen molar-refractivity contribution in [3.8, 4) is 11.5 Å². The van der Waals surface area contributed by atoms with Gasteiger partial charge in [-0.3, -0.25) is 0 Å². The zero-order valence-corrected chi connectivity index (χ0v) is 24.7. The highest BCUT2D eigenvalue weighted by atomic mass is 28.4. The summed E-state index contributed by atoms with van der Waals surface area (Å²) in [5.74, 6) is 1.09. The predicted octanol–water partition coefficient (Wildman–Crippen LogP) is 7.52. The Balaban J connectivity index is 1.64. The Morgan fingerprint density at radius 1 is 0.821 bits per heavy atom. The average molecular weight is 537 g/mol. The molecule has 0 saturated carbocycles. The van der Waals surface area contributed by atoms with Gasteiger partial charge in [0, 0.05) is 11.5 Å². The second-order valence-corrected chi connectivity index (χ2v) is 15.4. The van der Waals surface area contributed by atoms with Gasteiger partial charge in [-0.2, -0.15) is 0 Å². The van der Waals surface area contributed by atoms with Gasteiger partial charge in [0.25, 0.3) is 0 Å². The SMILES string of the molecule is Cc1cc(O)c([C@H](C)/C=C/COCc2ccccc2)cc1O[Si](c1ccccc1)(c1ccccc1)C(C)(C)C. The molecular weight excluding hydrogens is 496 g/mol. The number of hydrogen-bond acceptors (Lipinski definition) is 3. The van der Waals surface area contributed by atoms with Crippen LogP contribution in [0.3, 0.4) is 0 Å². The van der Waals surface area contributed by atoms with E-state index >= 15 is 0 Å². The molecule has 0 saturated heterocycles. The minimum atomic E-state index is -2.78. The maximum Gasteiger partial charge on any atom is 0.319 e. The van der Waals surface area contributed by atoms with Crippen LogP contribution < -0.4 is 14.8 Å². The second kappa shape index (κ2) is 12.5. The molecule has 4 heteroatoms. The fraction of sp³-hybridized carbons (Fsp3) is 0.257. The minimum absolute atomic E-state index is 0.00701. The predicted molar refractivity (Wildman–Crippen MR) is 165 cm³/mol. The summed E-state index contributed by atoms with van der Waals surface area (Å²) < 4.78 is 13.1. The van der Waals surface area contributed by atoms with Crippen molar-refractivity contribution >= 4 is 18.7 Å². The Hall–Kier alpha value is -3.60. The van der Waals surface area contributed by atoms with E-state index in [9.17, 15) is 5.11 Å².